The largest absolute Gasteiger partial charge is 0.355 e. The Morgan fingerprint density at radius 1 is 1.31 bits per heavy atom. The molecule has 1 aromatic rings. The molecule has 0 saturated heterocycles. The molecule has 0 atom stereocenters. The molecule has 1 rings (SSSR count). The van der Waals surface area contributed by atoms with Crippen molar-refractivity contribution in [3.63, 3.8) is 0 Å². The molecular weight excluding hydrogens is 178 g/mol. The summed E-state index contributed by atoms with van der Waals surface area (Å²) in [6, 6.07) is 9.87. The molecule has 0 saturated carbocycles. The lowest BCUT2D eigenvalue weighted by Crippen LogP contribution is -1.98. The van der Waals surface area contributed by atoms with Crippen molar-refractivity contribution in [3.8, 4) is 0 Å². The van der Waals surface area contributed by atoms with Gasteiger partial charge >= 0.3 is 0 Å². The second kappa shape index (κ2) is 5.27. The Labute approximate surface area is 83.8 Å². The average Bonchev–Trinajstić information content (AvgIpc) is 2.19. The summed E-state index contributed by atoms with van der Waals surface area (Å²) in [6.45, 7) is 3.61. The van der Waals surface area contributed by atoms with Crippen LogP contribution in [-0.2, 0) is 0 Å². The van der Waals surface area contributed by atoms with E-state index in [1.807, 2.05) is 36.4 Å². The minimum atomic E-state index is 0.871. The second-order valence-corrected chi connectivity index (χ2v) is 2.70. The second-order valence-electron chi connectivity index (χ2n) is 2.47. The van der Waals surface area contributed by atoms with Crippen molar-refractivity contribution in [2.24, 2.45) is 0 Å². The van der Waals surface area contributed by atoms with E-state index in [4.69, 9.17) is 12.2 Å². The highest BCUT2D eigenvalue weighted by atomic mass is 32.1. The van der Waals surface area contributed by atoms with Crippen molar-refractivity contribution in [1.82, 2.24) is 0 Å². The average molecular weight is 189 g/mol. The van der Waals surface area contributed by atoms with Crippen molar-refractivity contribution in [2.45, 2.75) is 0 Å². The number of anilines is 1. The summed E-state index contributed by atoms with van der Waals surface area (Å²) in [7, 11) is 0. The third-order valence-electron chi connectivity index (χ3n) is 1.49. The lowest BCUT2D eigenvalue weighted by Gasteiger charge is -2.04. The molecule has 13 heavy (non-hydrogen) atoms. The fourth-order valence-corrected chi connectivity index (χ4v) is 1.06. The van der Waals surface area contributed by atoms with Crippen LogP contribution >= 0.6 is 12.2 Å². The van der Waals surface area contributed by atoms with E-state index in [1.165, 1.54) is 0 Å². The number of rotatable bonds is 4. The van der Waals surface area contributed by atoms with Crippen molar-refractivity contribution < 1.29 is 0 Å². The maximum absolute atomic E-state index is 4.83. The quantitative estimate of drug-likeness (QED) is 0.443. The van der Waals surface area contributed by atoms with Gasteiger partial charge in [0.1, 0.15) is 0 Å². The summed E-state index contributed by atoms with van der Waals surface area (Å²) in [6.07, 6.45) is 3.54. The van der Waals surface area contributed by atoms with E-state index in [1.54, 1.807) is 11.4 Å². The molecule has 0 spiro atoms. The van der Waals surface area contributed by atoms with Gasteiger partial charge in [0.05, 0.1) is 0 Å². The van der Waals surface area contributed by atoms with Crippen molar-refractivity contribution in [1.29, 1.82) is 0 Å². The summed E-state index contributed by atoms with van der Waals surface area (Å²) in [5.74, 6) is 0. The van der Waals surface area contributed by atoms with Crippen LogP contribution in [0.2, 0.25) is 0 Å². The summed E-state index contributed by atoms with van der Waals surface area (Å²) in [4.78, 5) is 0. The molecule has 1 aromatic carbocycles. The smallest absolute Gasteiger partial charge is 0.0493 e. The zero-order chi connectivity index (χ0) is 9.52. The topological polar surface area (TPSA) is 12.0 Å². The number of allylic oxidation sites excluding steroid dienone is 3. The Morgan fingerprint density at radius 2 is 2.00 bits per heavy atom. The molecule has 1 nitrogen and oxygen atoms in total. The van der Waals surface area contributed by atoms with Crippen LogP contribution in [0, 0.1) is 0 Å². The Kier molecular flexibility index (Phi) is 3.93. The molecule has 1 N–H and O–H groups in total. The normalized spacial score (nSPS) is 10.6. The predicted molar refractivity (Wildman–Crippen MR) is 62.0 cm³/mol. The van der Waals surface area contributed by atoms with E-state index in [0.717, 1.165) is 11.4 Å². The van der Waals surface area contributed by atoms with Gasteiger partial charge in [0.15, 0.2) is 0 Å². The standard InChI is InChI=1S/C11H11NS/c1-2-6-11(9-13)12-10-7-4-3-5-8-10/h2-9,12H,1H2/b11-6+. The Balaban J connectivity index is 2.73. The molecule has 0 aliphatic carbocycles. The highest BCUT2D eigenvalue weighted by Gasteiger charge is 1.90. The fraction of sp³-hybridized carbons (Fsp3) is 0. The Bertz CT molecular complexity index is 314. The van der Waals surface area contributed by atoms with Gasteiger partial charge in [0.25, 0.3) is 0 Å². The summed E-state index contributed by atoms with van der Waals surface area (Å²) < 4.78 is 0. The first-order valence-electron chi connectivity index (χ1n) is 3.97. The number of thiocarbonyl (C=S) groups is 1. The molecule has 0 heterocycles. The molecule has 0 bridgehead atoms. The highest BCUT2D eigenvalue weighted by Crippen LogP contribution is 2.07. The molecule has 0 aliphatic rings. The van der Waals surface area contributed by atoms with Gasteiger partial charge in [-0.2, -0.15) is 0 Å². The number of hydrogen-bond acceptors (Lipinski definition) is 2. The zero-order valence-corrected chi connectivity index (χ0v) is 8.05. The minimum Gasteiger partial charge on any atom is -0.355 e. The summed E-state index contributed by atoms with van der Waals surface area (Å²) in [5, 5.41) is 4.75. The van der Waals surface area contributed by atoms with E-state index in [-0.39, 0.29) is 0 Å². The van der Waals surface area contributed by atoms with Gasteiger partial charge in [-0.05, 0) is 18.2 Å². The third kappa shape index (κ3) is 3.22. The molecular formula is C11H11NS. The predicted octanol–water partition coefficient (Wildman–Crippen LogP) is 3.17. The van der Waals surface area contributed by atoms with Crippen molar-refractivity contribution in [3.05, 3.63) is 54.8 Å². The molecule has 66 valence electrons. The van der Waals surface area contributed by atoms with E-state index in [9.17, 15) is 0 Å². The maximum atomic E-state index is 4.83. The first-order chi connectivity index (χ1) is 6.36. The van der Waals surface area contributed by atoms with Crippen LogP contribution in [-0.4, -0.2) is 5.37 Å². The Morgan fingerprint density at radius 3 is 2.54 bits per heavy atom. The number of hydrogen-bond donors (Lipinski definition) is 1. The van der Waals surface area contributed by atoms with Crippen LogP contribution < -0.4 is 5.32 Å². The van der Waals surface area contributed by atoms with Crippen LogP contribution in [0.15, 0.2) is 54.8 Å². The van der Waals surface area contributed by atoms with Crippen LogP contribution in [0.4, 0.5) is 5.69 Å². The van der Waals surface area contributed by atoms with Crippen LogP contribution in [0.1, 0.15) is 0 Å². The first kappa shape index (κ1) is 9.68. The SMILES string of the molecule is C=C/C=C(\C=S)Nc1ccccc1. The molecule has 0 fully saturated rings. The van der Waals surface area contributed by atoms with Gasteiger partial charge in [-0.15, -0.1) is 0 Å². The minimum absolute atomic E-state index is 0.871. The third-order valence-corrected chi connectivity index (χ3v) is 1.74. The number of para-hydroxylation sites is 1. The van der Waals surface area contributed by atoms with E-state index >= 15 is 0 Å². The molecule has 0 amide bonds. The lowest BCUT2D eigenvalue weighted by molar-refractivity contribution is 1.54. The monoisotopic (exact) mass is 189 g/mol. The molecule has 0 aromatic heterocycles. The van der Waals surface area contributed by atoms with Gasteiger partial charge in [-0.25, -0.2) is 0 Å². The van der Waals surface area contributed by atoms with Crippen molar-refractivity contribution in [2.75, 3.05) is 5.32 Å². The van der Waals surface area contributed by atoms with Crippen LogP contribution in [0.5, 0.6) is 0 Å². The molecule has 2 heteroatoms. The lowest BCUT2D eigenvalue weighted by atomic mass is 10.3. The van der Waals surface area contributed by atoms with E-state index in [0.29, 0.717) is 0 Å². The zero-order valence-electron chi connectivity index (χ0n) is 7.23. The molecule has 0 unspecified atom stereocenters. The Hall–Kier alpha value is -1.41. The van der Waals surface area contributed by atoms with Crippen molar-refractivity contribution >= 4 is 23.3 Å². The van der Waals surface area contributed by atoms with Gasteiger partial charge in [0, 0.05) is 16.8 Å². The van der Waals surface area contributed by atoms with Crippen LogP contribution in [0.25, 0.3) is 0 Å². The van der Waals surface area contributed by atoms with Gasteiger partial charge in [-0.3, -0.25) is 0 Å². The van der Waals surface area contributed by atoms with Gasteiger partial charge in [-0.1, -0.05) is 43.1 Å². The van der Waals surface area contributed by atoms with Gasteiger partial charge in [0.2, 0.25) is 0 Å². The fourth-order valence-electron chi connectivity index (χ4n) is 0.926. The van der Waals surface area contributed by atoms with E-state index < -0.39 is 0 Å². The maximum Gasteiger partial charge on any atom is 0.0493 e. The summed E-state index contributed by atoms with van der Waals surface area (Å²) in [5.41, 5.74) is 1.90. The first-order valence-corrected chi connectivity index (χ1v) is 4.44. The highest BCUT2D eigenvalue weighted by molar-refractivity contribution is 7.79. The molecule has 0 radical (unpaired) electrons. The summed E-state index contributed by atoms with van der Waals surface area (Å²) >= 11 is 4.83. The number of benzene rings is 1. The number of nitrogens with one attached hydrogen (secondary N) is 1. The molecule has 0 aliphatic heterocycles. The van der Waals surface area contributed by atoms with Crippen LogP contribution in [0.3, 0.4) is 0 Å². The van der Waals surface area contributed by atoms with E-state index in [2.05, 4.69) is 11.9 Å². The van der Waals surface area contributed by atoms with Gasteiger partial charge < -0.3 is 5.32 Å².